The van der Waals surface area contributed by atoms with Gasteiger partial charge in [-0.1, -0.05) is 12.8 Å². The fourth-order valence-corrected chi connectivity index (χ4v) is 2.83. The third kappa shape index (κ3) is 3.00. The molecule has 0 N–H and O–H groups in total. The van der Waals surface area contributed by atoms with Crippen LogP contribution in [-0.2, 0) is 16.6 Å². The second-order valence-corrected chi connectivity index (χ2v) is 5.32. The van der Waals surface area contributed by atoms with E-state index in [1.165, 1.54) is 18.5 Å². The summed E-state index contributed by atoms with van der Waals surface area (Å²) in [5.41, 5.74) is 1.22. The topological polar surface area (TPSA) is 34.5 Å². The zero-order chi connectivity index (χ0) is 13.8. The second-order valence-electron chi connectivity index (χ2n) is 5.32. The van der Waals surface area contributed by atoms with Crippen molar-refractivity contribution in [1.29, 1.82) is 0 Å². The lowest BCUT2D eigenvalue weighted by atomic mass is 10.1. The highest BCUT2D eigenvalue weighted by Gasteiger charge is 2.30. The molecule has 1 amide bonds. The van der Waals surface area contributed by atoms with Gasteiger partial charge in [0.1, 0.15) is 6.10 Å². The number of rotatable bonds is 3. The highest BCUT2D eigenvalue weighted by atomic mass is 16.5. The van der Waals surface area contributed by atoms with Crippen LogP contribution in [0.25, 0.3) is 0 Å². The first-order valence-corrected chi connectivity index (χ1v) is 7.09. The van der Waals surface area contributed by atoms with Crippen molar-refractivity contribution in [1.82, 2.24) is 9.47 Å². The van der Waals surface area contributed by atoms with Crippen molar-refractivity contribution in [2.75, 3.05) is 13.7 Å². The predicted molar refractivity (Wildman–Crippen MR) is 74.8 cm³/mol. The van der Waals surface area contributed by atoms with Crippen LogP contribution in [0.15, 0.2) is 18.3 Å². The van der Waals surface area contributed by atoms with Crippen LogP contribution in [0.1, 0.15) is 44.3 Å². The molecule has 0 unspecified atom stereocenters. The molecule has 1 aromatic rings. The Labute approximate surface area is 115 Å². The van der Waals surface area contributed by atoms with Gasteiger partial charge >= 0.3 is 0 Å². The average Bonchev–Trinajstić information content (AvgIpc) is 2.70. The van der Waals surface area contributed by atoms with E-state index in [2.05, 4.69) is 10.6 Å². The summed E-state index contributed by atoms with van der Waals surface area (Å²) < 4.78 is 7.32. The summed E-state index contributed by atoms with van der Waals surface area (Å²) in [6.45, 7) is 2.66. The van der Waals surface area contributed by atoms with Gasteiger partial charge in [0.2, 0.25) is 0 Å². The van der Waals surface area contributed by atoms with Gasteiger partial charge in [0.15, 0.2) is 0 Å². The number of carbonyl (C=O) groups is 1. The number of hydrogen-bond donors (Lipinski definition) is 0. The van der Waals surface area contributed by atoms with Gasteiger partial charge in [-0.2, -0.15) is 0 Å². The predicted octanol–water partition coefficient (Wildman–Crippen LogP) is 2.50. The molecular weight excluding hydrogens is 240 g/mol. The average molecular weight is 264 g/mol. The van der Waals surface area contributed by atoms with Gasteiger partial charge in [0, 0.05) is 32.6 Å². The zero-order valence-electron chi connectivity index (χ0n) is 12.1. The molecule has 2 atom stereocenters. The first-order valence-electron chi connectivity index (χ1n) is 7.09. The van der Waals surface area contributed by atoms with Crippen molar-refractivity contribution < 1.29 is 9.53 Å². The van der Waals surface area contributed by atoms with Crippen molar-refractivity contribution in [3.63, 3.8) is 0 Å². The molecule has 106 valence electrons. The monoisotopic (exact) mass is 264 g/mol. The molecule has 4 heteroatoms. The molecule has 2 rings (SSSR count). The van der Waals surface area contributed by atoms with Crippen molar-refractivity contribution in [3.05, 3.63) is 24.0 Å². The lowest BCUT2D eigenvalue weighted by molar-refractivity contribution is -0.143. The molecule has 0 radical (unpaired) electrons. The number of aromatic nitrogens is 1. The number of aryl methyl sites for hydroxylation is 1. The summed E-state index contributed by atoms with van der Waals surface area (Å²) in [5, 5.41) is 0. The molecule has 2 heterocycles. The van der Waals surface area contributed by atoms with Gasteiger partial charge in [0.25, 0.3) is 5.91 Å². The Morgan fingerprint density at radius 3 is 2.84 bits per heavy atom. The van der Waals surface area contributed by atoms with E-state index < -0.39 is 0 Å². The number of likely N-dealkylation sites (tertiary alicyclic amines) is 1. The Balaban J connectivity index is 2.26. The van der Waals surface area contributed by atoms with E-state index in [4.69, 9.17) is 4.74 Å². The second kappa shape index (κ2) is 6.24. The van der Waals surface area contributed by atoms with Gasteiger partial charge in [0.05, 0.1) is 6.04 Å². The molecule has 4 nitrogen and oxygen atoms in total. The van der Waals surface area contributed by atoms with Gasteiger partial charge < -0.3 is 14.2 Å². The number of hydrogen-bond acceptors (Lipinski definition) is 2. The maximum Gasteiger partial charge on any atom is 0.251 e. The Bertz CT molecular complexity index is 428. The van der Waals surface area contributed by atoms with E-state index in [-0.39, 0.29) is 18.1 Å². The molecular formula is C15H24N2O2. The number of ether oxygens (including phenoxy) is 1. The maximum atomic E-state index is 12.5. The summed E-state index contributed by atoms with van der Waals surface area (Å²) in [6, 6.07) is 4.35. The largest absolute Gasteiger partial charge is 0.372 e. The highest BCUT2D eigenvalue weighted by Crippen LogP contribution is 2.30. The Morgan fingerprint density at radius 1 is 1.42 bits per heavy atom. The summed E-state index contributed by atoms with van der Waals surface area (Å²) in [5.74, 6) is 0.107. The third-order valence-electron chi connectivity index (χ3n) is 4.06. The highest BCUT2D eigenvalue weighted by molar-refractivity contribution is 5.81. The number of carbonyl (C=O) groups excluding carboxylic acids is 1. The van der Waals surface area contributed by atoms with Crippen molar-refractivity contribution in [2.24, 2.45) is 7.05 Å². The zero-order valence-corrected chi connectivity index (χ0v) is 12.1. The van der Waals surface area contributed by atoms with Crippen LogP contribution >= 0.6 is 0 Å². The van der Waals surface area contributed by atoms with Crippen LogP contribution in [0.4, 0.5) is 0 Å². The summed E-state index contributed by atoms with van der Waals surface area (Å²) in [6.07, 6.45) is 6.19. The molecule has 0 bridgehead atoms. The summed E-state index contributed by atoms with van der Waals surface area (Å²) in [4.78, 5) is 14.5. The van der Waals surface area contributed by atoms with Crippen LogP contribution in [0.2, 0.25) is 0 Å². The quantitative estimate of drug-likeness (QED) is 0.840. The lowest BCUT2D eigenvalue weighted by Gasteiger charge is -2.32. The molecule has 1 aliphatic heterocycles. The van der Waals surface area contributed by atoms with E-state index in [1.54, 1.807) is 7.11 Å². The van der Waals surface area contributed by atoms with E-state index in [0.29, 0.717) is 0 Å². The van der Waals surface area contributed by atoms with Crippen molar-refractivity contribution in [3.8, 4) is 0 Å². The van der Waals surface area contributed by atoms with Crippen LogP contribution < -0.4 is 0 Å². The van der Waals surface area contributed by atoms with Gasteiger partial charge in [-0.15, -0.1) is 0 Å². The lowest BCUT2D eigenvalue weighted by Crippen LogP contribution is -2.41. The molecule has 0 aliphatic carbocycles. The van der Waals surface area contributed by atoms with E-state index in [0.717, 1.165) is 19.4 Å². The van der Waals surface area contributed by atoms with Crippen LogP contribution in [-0.4, -0.2) is 35.1 Å². The first-order chi connectivity index (χ1) is 9.15. The molecule has 19 heavy (non-hydrogen) atoms. The summed E-state index contributed by atoms with van der Waals surface area (Å²) >= 11 is 0. The van der Waals surface area contributed by atoms with Gasteiger partial charge in [-0.3, -0.25) is 4.79 Å². The minimum Gasteiger partial charge on any atom is -0.372 e. The minimum atomic E-state index is -0.360. The van der Waals surface area contributed by atoms with Crippen molar-refractivity contribution in [2.45, 2.75) is 44.8 Å². The van der Waals surface area contributed by atoms with E-state index >= 15 is 0 Å². The van der Waals surface area contributed by atoms with E-state index in [9.17, 15) is 4.79 Å². The maximum absolute atomic E-state index is 12.5. The Kier molecular flexibility index (Phi) is 4.64. The fourth-order valence-electron chi connectivity index (χ4n) is 2.83. The number of methoxy groups -OCH3 is 1. The van der Waals surface area contributed by atoms with Crippen LogP contribution in [0.5, 0.6) is 0 Å². The first kappa shape index (κ1) is 14.1. The van der Waals surface area contributed by atoms with E-state index in [1.807, 2.05) is 31.1 Å². The number of amides is 1. The Hall–Kier alpha value is -1.29. The van der Waals surface area contributed by atoms with Crippen LogP contribution in [0.3, 0.4) is 0 Å². The Morgan fingerprint density at radius 2 is 2.21 bits per heavy atom. The fraction of sp³-hybridized carbons (Fsp3) is 0.667. The smallest absolute Gasteiger partial charge is 0.251 e. The van der Waals surface area contributed by atoms with Crippen LogP contribution in [0, 0.1) is 0 Å². The SMILES string of the molecule is CO[C@@H](C)C(=O)N1CCCCC[C@H]1c1cccn1C. The molecule has 1 saturated heterocycles. The standard InChI is InChI=1S/C15H24N2O2/c1-12(19-3)15(18)17-11-6-4-5-8-14(17)13-9-7-10-16(13)2/h7,9-10,12,14H,4-6,8,11H2,1-3H3/t12-,14-/m0/s1. The molecule has 0 saturated carbocycles. The normalized spacial score (nSPS) is 22.1. The van der Waals surface area contributed by atoms with Gasteiger partial charge in [-0.05, 0) is 31.9 Å². The number of nitrogens with zero attached hydrogens (tertiary/aromatic N) is 2. The molecule has 0 aromatic carbocycles. The van der Waals surface area contributed by atoms with Gasteiger partial charge in [-0.25, -0.2) is 0 Å². The third-order valence-corrected chi connectivity index (χ3v) is 4.06. The molecule has 1 aromatic heterocycles. The summed E-state index contributed by atoms with van der Waals surface area (Å²) in [7, 11) is 3.64. The van der Waals surface area contributed by atoms with Crippen molar-refractivity contribution >= 4 is 5.91 Å². The molecule has 1 fully saturated rings. The molecule has 0 spiro atoms. The minimum absolute atomic E-state index is 0.107. The molecule has 1 aliphatic rings.